The van der Waals surface area contributed by atoms with Crippen molar-refractivity contribution in [3.8, 4) is 17.1 Å². The lowest BCUT2D eigenvalue weighted by Gasteiger charge is -2.27. The molecule has 154 valence electrons. The molecule has 2 aromatic heterocycles. The molecule has 0 aliphatic carbocycles. The zero-order valence-electron chi connectivity index (χ0n) is 16.2. The number of morpholine rings is 1. The van der Waals surface area contributed by atoms with Crippen LogP contribution in [0.2, 0.25) is 0 Å². The lowest BCUT2D eigenvalue weighted by molar-refractivity contribution is -0.137. The predicted molar refractivity (Wildman–Crippen MR) is 101 cm³/mol. The molecule has 10 heteroatoms. The van der Waals surface area contributed by atoms with Crippen molar-refractivity contribution in [2.75, 3.05) is 38.3 Å². The highest BCUT2D eigenvalue weighted by molar-refractivity contribution is 5.79. The van der Waals surface area contributed by atoms with Gasteiger partial charge in [0, 0.05) is 20.1 Å². The predicted octanol–water partition coefficient (Wildman–Crippen LogP) is 3.20. The summed E-state index contributed by atoms with van der Waals surface area (Å²) in [5, 5.41) is 0. The number of ether oxygens (including phenoxy) is 2. The largest absolute Gasteiger partial charge is 0.496 e. The molecule has 1 aliphatic rings. The first-order chi connectivity index (χ1) is 13.8. The van der Waals surface area contributed by atoms with Crippen molar-refractivity contribution in [2.24, 2.45) is 7.05 Å². The normalized spacial score (nSPS) is 15.2. The van der Waals surface area contributed by atoms with Gasteiger partial charge in [-0.2, -0.15) is 13.2 Å². The minimum Gasteiger partial charge on any atom is -0.496 e. The van der Waals surface area contributed by atoms with E-state index < -0.39 is 11.7 Å². The number of hydrogen-bond donors (Lipinski definition) is 0. The molecule has 0 amide bonds. The molecule has 1 saturated heterocycles. The van der Waals surface area contributed by atoms with Crippen molar-refractivity contribution in [3.05, 3.63) is 29.5 Å². The van der Waals surface area contributed by atoms with E-state index in [0.29, 0.717) is 60.4 Å². The van der Waals surface area contributed by atoms with E-state index in [1.54, 1.807) is 24.7 Å². The Bertz CT molecular complexity index is 1060. The van der Waals surface area contributed by atoms with Crippen LogP contribution < -0.4 is 9.64 Å². The fourth-order valence-corrected chi connectivity index (χ4v) is 3.49. The van der Waals surface area contributed by atoms with E-state index in [1.165, 1.54) is 7.11 Å². The third-order valence-electron chi connectivity index (χ3n) is 4.98. The van der Waals surface area contributed by atoms with Crippen LogP contribution in [0.1, 0.15) is 11.1 Å². The van der Waals surface area contributed by atoms with Crippen LogP contribution >= 0.6 is 0 Å². The Morgan fingerprint density at radius 2 is 1.86 bits per heavy atom. The standard InChI is InChI=1S/C19H20F3N5O2/c1-11-8-12(19(20,21)22)9-13(28-3)15(11)17-25-16-18(26(17)2)23-10-14(24-16)27-4-6-29-7-5-27/h8-10H,4-7H2,1-3H3. The molecule has 0 radical (unpaired) electrons. The van der Waals surface area contributed by atoms with Gasteiger partial charge >= 0.3 is 6.18 Å². The molecule has 0 spiro atoms. The van der Waals surface area contributed by atoms with Gasteiger partial charge in [-0.3, -0.25) is 0 Å². The minimum absolute atomic E-state index is 0.101. The van der Waals surface area contributed by atoms with Crippen molar-refractivity contribution in [2.45, 2.75) is 13.1 Å². The van der Waals surface area contributed by atoms with Crippen LogP contribution in [0, 0.1) is 6.92 Å². The maximum atomic E-state index is 13.2. The topological polar surface area (TPSA) is 65.3 Å². The molecule has 1 fully saturated rings. The average Bonchev–Trinajstić information content (AvgIpc) is 3.02. The number of imidazole rings is 1. The number of aryl methyl sites for hydroxylation is 2. The Labute approximate surface area is 165 Å². The number of alkyl halides is 3. The number of rotatable bonds is 3. The molecule has 0 bridgehead atoms. The monoisotopic (exact) mass is 407 g/mol. The molecule has 0 atom stereocenters. The highest BCUT2D eigenvalue weighted by Crippen LogP contribution is 2.39. The smallest absolute Gasteiger partial charge is 0.416 e. The minimum atomic E-state index is -4.46. The lowest BCUT2D eigenvalue weighted by atomic mass is 10.0. The number of anilines is 1. The Balaban J connectivity index is 1.82. The summed E-state index contributed by atoms with van der Waals surface area (Å²) in [6, 6.07) is 2.08. The van der Waals surface area contributed by atoms with Crippen LogP contribution in [0.25, 0.3) is 22.7 Å². The lowest BCUT2D eigenvalue weighted by Crippen LogP contribution is -2.36. The van der Waals surface area contributed by atoms with Gasteiger partial charge < -0.3 is 18.9 Å². The molecule has 0 N–H and O–H groups in total. The van der Waals surface area contributed by atoms with E-state index in [0.717, 1.165) is 12.1 Å². The summed E-state index contributed by atoms with van der Waals surface area (Å²) in [5.74, 6) is 1.24. The Hall–Kier alpha value is -2.88. The maximum absolute atomic E-state index is 13.2. The number of hydrogen-bond acceptors (Lipinski definition) is 6. The number of halogens is 3. The fourth-order valence-electron chi connectivity index (χ4n) is 3.49. The van der Waals surface area contributed by atoms with Crippen molar-refractivity contribution >= 4 is 17.1 Å². The summed E-state index contributed by atoms with van der Waals surface area (Å²) < 4.78 is 51.9. The quantitative estimate of drug-likeness (QED) is 0.664. The van der Waals surface area contributed by atoms with Crippen LogP contribution in [0.15, 0.2) is 18.3 Å². The van der Waals surface area contributed by atoms with E-state index >= 15 is 0 Å². The summed E-state index contributed by atoms with van der Waals surface area (Å²) in [6.07, 6.45) is -2.78. The van der Waals surface area contributed by atoms with Gasteiger partial charge in [-0.25, -0.2) is 15.0 Å². The zero-order valence-corrected chi connectivity index (χ0v) is 16.2. The Morgan fingerprint density at radius 3 is 2.52 bits per heavy atom. The van der Waals surface area contributed by atoms with Gasteiger partial charge in [0.1, 0.15) is 17.4 Å². The molecule has 3 aromatic rings. The van der Waals surface area contributed by atoms with E-state index in [2.05, 4.69) is 19.9 Å². The second-order valence-corrected chi connectivity index (χ2v) is 6.84. The van der Waals surface area contributed by atoms with Crippen molar-refractivity contribution in [1.82, 2.24) is 19.5 Å². The molecule has 3 heterocycles. The third kappa shape index (κ3) is 3.48. The number of aromatic nitrogens is 4. The van der Waals surface area contributed by atoms with Gasteiger partial charge in [-0.05, 0) is 24.6 Å². The maximum Gasteiger partial charge on any atom is 0.416 e. The summed E-state index contributed by atoms with van der Waals surface area (Å²) in [4.78, 5) is 15.7. The number of methoxy groups -OCH3 is 1. The molecular formula is C19H20F3N5O2. The van der Waals surface area contributed by atoms with E-state index in [1.807, 2.05) is 0 Å². The second-order valence-electron chi connectivity index (χ2n) is 6.84. The van der Waals surface area contributed by atoms with Gasteiger partial charge in [0.25, 0.3) is 0 Å². The van der Waals surface area contributed by atoms with Gasteiger partial charge in [-0.15, -0.1) is 0 Å². The van der Waals surface area contributed by atoms with Gasteiger partial charge in [-0.1, -0.05) is 0 Å². The Morgan fingerprint density at radius 1 is 1.14 bits per heavy atom. The highest BCUT2D eigenvalue weighted by atomic mass is 19.4. The highest BCUT2D eigenvalue weighted by Gasteiger charge is 2.33. The SMILES string of the molecule is COc1cc(C(F)(F)F)cc(C)c1-c1nc2nc(N3CCOCC3)cnc2n1C. The summed E-state index contributed by atoms with van der Waals surface area (Å²) in [5.41, 5.74) is 1.09. The van der Waals surface area contributed by atoms with Crippen LogP contribution in [0.3, 0.4) is 0 Å². The van der Waals surface area contributed by atoms with Crippen LogP contribution in [-0.4, -0.2) is 52.9 Å². The average molecular weight is 407 g/mol. The van der Waals surface area contributed by atoms with E-state index in [-0.39, 0.29) is 5.75 Å². The van der Waals surface area contributed by atoms with Crippen LogP contribution in [0.5, 0.6) is 5.75 Å². The summed E-state index contributed by atoms with van der Waals surface area (Å²) >= 11 is 0. The summed E-state index contributed by atoms with van der Waals surface area (Å²) in [6.45, 7) is 4.27. The molecule has 4 rings (SSSR count). The number of nitrogens with zero attached hydrogens (tertiary/aromatic N) is 5. The van der Waals surface area contributed by atoms with Gasteiger partial charge in [0.15, 0.2) is 11.3 Å². The molecule has 0 saturated carbocycles. The molecular weight excluding hydrogens is 387 g/mol. The van der Waals surface area contributed by atoms with Crippen LogP contribution in [0.4, 0.5) is 19.0 Å². The van der Waals surface area contributed by atoms with Crippen molar-refractivity contribution < 1.29 is 22.6 Å². The summed E-state index contributed by atoms with van der Waals surface area (Å²) in [7, 11) is 3.10. The van der Waals surface area contributed by atoms with Crippen molar-refractivity contribution in [1.29, 1.82) is 0 Å². The van der Waals surface area contributed by atoms with Crippen molar-refractivity contribution in [3.63, 3.8) is 0 Å². The van der Waals surface area contributed by atoms with Crippen LogP contribution in [-0.2, 0) is 18.0 Å². The molecule has 29 heavy (non-hydrogen) atoms. The van der Waals surface area contributed by atoms with Gasteiger partial charge in [0.2, 0.25) is 0 Å². The third-order valence-corrected chi connectivity index (χ3v) is 4.98. The molecule has 7 nitrogen and oxygen atoms in total. The van der Waals surface area contributed by atoms with E-state index in [9.17, 15) is 13.2 Å². The first-order valence-electron chi connectivity index (χ1n) is 9.08. The first kappa shape index (κ1) is 19.4. The first-order valence-corrected chi connectivity index (χ1v) is 9.08. The van der Waals surface area contributed by atoms with Gasteiger partial charge in [0.05, 0.1) is 37.6 Å². The molecule has 1 aliphatic heterocycles. The molecule has 0 unspecified atom stereocenters. The second kappa shape index (κ2) is 7.18. The Kier molecular flexibility index (Phi) is 4.81. The van der Waals surface area contributed by atoms with E-state index in [4.69, 9.17) is 9.47 Å². The number of fused-ring (bicyclic) bond motifs is 1. The molecule has 1 aromatic carbocycles. The zero-order chi connectivity index (χ0) is 20.8. The number of benzene rings is 1. The fraction of sp³-hybridized carbons (Fsp3) is 0.421.